The standard InChI is InChI=1S/C18H20ClFN2O3S/c1-12(2)17(18(23)21-11-13-6-3-4-9-16(13)20)22-26(24,25)15-8-5-7-14(19)10-15/h3-10,12,17,22H,11H2,1-2H3,(H,21,23)/t17-/m0/s1. The van der Waals surface area contributed by atoms with Crippen molar-refractivity contribution < 1.29 is 17.6 Å². The van der Waals surface area contributed by atoms with E-state index in [4.69, 9.17) is 11.6 Å². The first-order valence-corrected chi connectivity index (χ1v) is 9.86. The Bertz CT molecular complexity index is 888. The van der Waals surface area contributed by atoms with E-state index in [0.29, 0.717) is 5.56 Å². The van der Waals surface area contributed by atoms with Gasteiger partial charge in [-0.2, -0.15) is 4.72 Å². The van der Waals surface area contributed by atoms with Gasteiger partial charge in [-0.1, -0.05) is 49.7 Å². The van der Waals surface area contributed by atoms with Crippen molar-refractivity contribution >= 4 is 27.5 Å². The van der Waals surface area contributed by atoms with E-state index in [9.17, 15) is 17.6 Å². The van der Waals surface area contributed by atoms with Crippen molar-refractivity contribution in [3.63, 3.8) is 0 Å². The molecule has 1 atom stereocenters. The Labute approximate surface area is 157 Å². The van der Waals surface area contributed by atoms with Gasteiger partial charge in [-0.3, -0.25) is 4.79 Å². The minimum Gasteiger partial charge on any atom is -0.351 e. The summed E-state index contributed by atoms with van der Waals surface area (Å²) in [6.45, 7) is 3.40. The lowest BCUT2D eigenvalue weighted by Gasteiger charge is -2.22. The Kier molecular flexibility index (Phi) is 6.75. The molecule has 2 aromatic carbocycles. The second kappa shape index (κ2) is 8.62. The summed E-state index contributed by atoms with van der Waals surface area (Å²) in [7, 11) is -3.93. The van der Waals surface area contributed by atoms with Gasteiger partial charge in [0.1, 0.15) is 11.9 Å². The number of amides is 1. The van der Waals surface area contributed by atoms with Crippen LogP contribution in [0.2, 0.25) is 5.02 Å². The van der Waals surface area contributed by atoms with E-state index in [1.165, 1.54) is 24.3 Å². The normalized spacial score (nSPS) is 12.8. The zero-order valence-electron chi connectivity index (χ0n) is 14.4. The van der Waals surface area contributed by atoms with Gasteiger partial charge in [0.05, 0.1) is 4.90 Å². The topological polar surface area (TPSA) is 75.3 Å². The highest BCUT2D eigenvalue weighted by molar-refractivity contribution is 7.89. The molecule has 0 unspecified atom stereocenters. The van der Waals surface area contributed by atoms with Gasteiger partial charge in [-0.15, -0.1) is 0 Å². The molecule has 2 aromatic rings. The molecule has 2 N–H and O–H groups in total. The first-order valence-electron chi connectivity index (χ1n) is 7.99. The van der Waals surface area contributed by atoms with Crippen LogP contribution in [0.4, 0.5) is 4.39 Å². The molecule has 0 saturated carbocycles. The lowest BCUT2D eigenvalue weighted by molar-refractivity contribution is -0.123. The molecule has 26 heavy (non-hydrogen) atoms. The number of hydrogen-bond donors (Lipinski definition) is 2. The van der Waals surface area contributed by atoms with Crippen LogP contribution >= 0.6 is 11.6 Å². The zero-order valence-corrected chi connectivity index (χ0v) is 15.9. The Morgan fingerprint density at radius 3 is 2.46 bits per heavy atom. The number of sulfonamides is 1. The van der Waals surface area contributed by atoms with Crippen molar-refractivity contribution in [2.75, 3.05) is 0 Å². The lowest BCUT2D eigenvalue weighted by Crippen LogP contribution is -2.49. The van der Waals surface area contributed by atoms with Gasteiger partial charge in [0.25, 0.3) is 0 Å². The van der Waals surface area contributed by atoms with Gasteiger partial charge >= 0.3 is 0 Å². The third-order valence-corrected chi connectivity index (χ3v) is 5.42. The van der Waals surface area contributed by atoms with Gasteiger partial charge in [-0.05, 0) is 30.2 Å². The largest absolute Gasteiger partial charge is 0.351 e. The van der Waals surface area contributed by atoms with Crippen LogP contribution in [0.1, 0.15) is 19.4 Å². The van der Waals surface area contributed by atoms with Crippen molar-refractivity contribution in [3.8, 4) is 0 Å². The SMILES string of the molecule is CC(C)[C@H](NS(=O)(=O)c1cccc(Cl)c1)C(=O)NCc1ccccc1F. The maximum absolute atomic E-state index is 13.7. The molecule has 0 radical (unpaired) electrons. The average Bonchev–Trinajstić information content (AvgIpc) is 2.58. The van der Waals surface area contributed by atoms with E-state index in [2.05, 4.69) is 10.0 Å². The second-order valence-electron chi connectivity index (χ2n) is 6.11. The van der Waals surface area contributed by atoms with E-state index in [1.807, 2.05) is 0 Å². The first kappa shape index (κ1) is 20.4. The predicted molar refractivity (Wildman–Crippen MR) is 98.6 cm³/mol. The fourth-order valence-corrected chi connectivity index (χ4v) is 3.94. The summed E-state index contributed by atoms with van der Waals surface area (Å²) in [6, 6.07) is 10.8. The highest BCUT2D eigenvalue weighted by atomic mass is 35.5. The molecule has 0 aliphatic carbocycles. The Morgan fingerprint density at radius 1 is 1.15 bits per heavy atom. The monoisotopic (exact) mass is 398 g/mol. The second-order valence-corrected chi connectivity index (χ2v) is 8.26. The molecule has 0 bridgehead atoms. The number of nitrogens with one attached hydrogen (secondary N) is 2. The van der Waals surface area contributed by atoms with E-state index >= 15 is 0 Å². The van der Waals surface area contributed by atoms with Gasteiger partial charge < -0.3 is 5.32 Å². The van der Waals surface area contributed by atoms with Crippen LogP contribution in [0, 0.1) is 11.7 Å². The molecular formula is C18H20ClFN2O3S. The Hall–Kier alpha value is -1.96. The van der Waals surface area contributed by atoms with Crippen LogP contribution in [0.25, 0.3) is 0 Å². The molecule has 140 valence electrons. The minimum atomic E-state index is -3.93. The molecule has 0 aliphatic rings. The van der Waals surface area contributed by atoms with E-state index in [0.717, 1.165) is 0 Å². The Morgan fingerprint density at radius 2 is 1.85 bits per heavy atom. The van der Waals surface area contributed by atoms with Gasteiger partial charge in [0.15, 0.2) is 0 Å². The van der Waals surface area contributed by atoms with Crippen LogP contribution in [0.3, 0.4) is 0 Å². The number of carbonyl (C=O) groups is 1. The summed E-state index contributed by atoms with van der Waals surface area (Å²) in [5.41, 5.74) is 0.320. The average molecular weight is 399 g/mol. The van der Waals surface area contributed by atoms with Gasteiger partial charge in [0, 0.05) is 17.1 Å². The third kappa shape index (κ3) is 5.27. The number of benzene rings is 2. The molecule has 0 saturated heterocycles. The van der Waals surface area contributed by atoms with Gasteiger partial charge in [0.2, 0.25) is 15.9 Å². The molecule has 5 nitrogen and oxygen atoms in total. The van der Waals surface area contributed by atoms with Crippen molar-refractivity contribution in [3.05, 3.63) is 64.9 Å². The number of carbonyl (C=O) groups excluding carboxylic acids is 1. The van der Waals surface area contributed by atoms with Crippen LogP contribution in [-0.2, 0) is 21.4 Å². The summed E-state index contributed by atoms with van der Waals surface area (Å²) >= 11 is 5.84. The lowest BCUT2D eigenvalue weighted by atomic mass is 10.0. The summed E-state index contributed by atoms with van der Waals surface area (Å²) in [6.07, 6.45) is 0. The molecule has 0 spiro atoms. The summed E-state index contributed by atoms with van der Waals surface area (Å²) in [5, 5.41) is 2.85. The van der Waals surface area contributed by atoms with Crippen LogP contribution in [0.5, 0.6) is 0 Å². The minimum absolute atomic E-state index is 0.0300. The maximum Gasteiger partial charge on any atom is 0.241 e. The molecular weight excluding hydrogens is 379 g/mol. The highest BCUT2D eigenvalue weighted by Gasteiger charge is 2.28. The third-order valence-electron chi connectivity index (χ3n) is 3.75. The quantitative estimate of drug-likeness (QED) is 0.752. The van der Waals surface area contributed by atoms with E-state index < -0.39 is 27.8 Å². The fourth-order valence-electron chi connectivity index (χ4n) is 2.30. The van der Waals surface area contributed by atoms with E-state index in [-0.39, 0.29) is 22.4 Å². The summed E-state index contributed by atoms with van der Waals surface area (Å²) < 4.78 is 41.1. The van der Waals surface area contributed by atoms with Crippen LogP contribution in [-0.4, -0.2) is 20.4 Å². The number of rotatable bonds is 7. The molecule has 8 heteroatoms. The Balaban J connectivity index is 2.13. The first-order chi connectivity index (χ1) is 12.2. The molecule has 2 rings (SSSR count). The fraction of sp³-hybridized carbons (Fsp3) is 0.278. The zero-order chi connectivity index (χ0) is 19.3. The van der Waals surface area contributed by atoms with Crippen molar-refractivity contribution in [2.24, 2.45) is 5.92 Å². The highest BCUT2D eigenvalue weighted by Crippen LogP contribution is 2.17. The number of hydrogen-bond acceptors (Lipinski definition) is 3. The molecule has 0 fully saturated rings. The molecule has 0 aliphatic heterocycles. The molecule has 0 heterocycles. The number of halogens is 2. The summed E-state index contributed by atoms with van der Waals surface area (Å²) in [5.74, 6) is -1.29. The van der Waals surface area contributed by atoms with E-state index in [1.54, 1.807) is 38.1 Å². The smallest absolute Gasteiger partial charge is 0.241 e. The van der Waals surface area contributed by atoms with Crippen molar-refractivity contribution in [2.45, 2.75) is 31.3 Å². The predicted octanol–water partition coefficient (Wildman–Crippen LogP) is 3.10. The maximum atomic E-state index is 13.7. The summed E-state index contributed by atoms with van der Waals surface area (Å²) in [4.78, 5) is 12.4. The van der Waals surface area contributed by atoms with Gasteiger partial charge in [-0.25, -0.2) is 12.8 Å². The van der Waals surface area contributed by atoms with Crippen molar-refractivity contribution in [1.82, 2.24) is 10.0 Å². The van der Waals surface area contributed by atoms with Crippen LogP contribution in [0.15, 0.2) is 53.4 Å². The molecule has 0 aromatic heterocycles. The van der Waals surface area contributed by atoms with Crippen molar-refractivity contribution in [1.29, 1.82) is 0 Å². The van der Waals surface area contributed by atoms with Crippen LogP contribution < -0.4 is 10.0 Å². The molecule has 1 amide bonds.